The fourth-order valence-corrected chi connectivity index (χ4v) is 5.82. The molecule has 1 atom stereocenters. The first kappa shape index (κ1) is 22.5. The van der Waals surface area contributed by atoms with Gasteiger partial charge < -0.3 is 18.9 Å². The van der Waals surface area contributed by atoms with Gasteiger partial charge in [-0.15, -0.1) is 0 Å². The van der Waals surface area contributed by atoms with E-state index in [0.29, 0.717) is 67.9 Å². The van der Waals surface area contributed by atoms with Crippen LogP contribution in [0.4, 0.5) is 0 Å². The molecule has 1 aliphatic carbocycles. The Bertz CT molecular complexity index is 1140. The highest BCUT2D eigenvalue weighted by atomic mass is 32.2. The monoisotopic (exact) mass is 476 g/mol. The number of hydrogen-bond donors (Lipinski definition) is 1. The number of aryl methyl sites for hydroxylation is 1. The number of nitrogens with zero attached hydrogens (tertiary/aromatic N) is 3. The highest BCUT2D eigenvalue weighted by Crippen LogP contribution is 2.39. The fourth-order valence-electron chi connectivity index (χ4n) is 4.35. The zero-order valence-electron chi connectivity index (χ0n) is 18.7. The maximum Gasteiger partial charge on any atom is 0.241 e. The third-order valence-corrected chi connectivity index (χ3v) is 8.14. The van der Waals surface area contributed by atoms with Crippen molar-refractivity contribution in [2.24, 2.45) is 0 Å². The minimum Gasteiger partial charge on any atom is -0.347 e. The zero-order valence-corrected chi connectivity index (χ0v) is 19.6. The highest BCUT2D eigenvalue weighted by molar-refractivity contribution is 7.89. The fraction of sp³-hybridized carbons (Fsp3) is 0.591. The molecule has 1 amide bonds. The topological polar surface area (TPSA) is 124 Å². The lowest BCUT2D eigenvalue weighted by molar-refractivity contribution is -0.187. The molecule has 0 unspecified atom stereocenters. The number of carbonyl (C=O) groups is 1. The molecule has 10 nitrogen and oxygen atoms in total. The summed E-state index contributed by atoms with van der Waals surface area (Å²) in [5.74, 6) is 0.392. The summed E-state index contributed by atoms with van der Waals surface area (Å²) < 4.78 is 45.6. The van der Waals surface area contributed by atoms with Crippen molar-refractivity contribution in [2.45, 2.75) is 62.2 Å². The Morgan fingerprint density at radius 3 is 2.58 bits per heavy atom. The molecule has 1 spiro atoms. The molecule has 2 saturated heterocycles. The number of ether oxygens (including phenoxy) is 2. The Hall–Kier alpha value is -2.34. The Labute approximate surface area is 192 Å². The van der Waals surface area contributed by atoms with Gasteiger partial charge in [0.1, 0.15) is 0 Å². The zero-order chi connectivity index (χ0) is 23.2. The highest BCUT2D eigenvalue weighted by Gasteiger charge is 2.41. The summed E-state index contributed by atoms with van der Waals surface area (Å²) in [6.07, 6.45) is 3.21. The lowest BCUT2D eigenvalue weighted by atomic mass is 10.0. The van der Waals surface area contributed by atoms with E-state index in [4.69, 9.17) is 14.0 Å². The van der Waals surface area contributed by atoms with Crippen molar-refractivity contribution in [1.29, 1.82) is 0 Å². The number of sulfonamides is 1. The Morgan fingerprint density at radius 2 is 1.91 bits per heavy atom. The summed E-state index contributed by atoms with van der Waals surface area (Å²) in [4.78, 5) is 19.1. The molecule has 0 radical (unpaired) electrons. The molecule has 2 aromatic rings. The van der Waals surface area contributed by atoms with Gasteiger partial charge >= 0.3 is 0 Å². The van der Waals surface area contributed by atoms with Gasteiger partial charge in [0.25, 0.3) is 0 Å². The van der Waals surface area contributed by atoms with Crippen LogP contribution in [0.25, 0.3) is 11.4 Å². The van der Waals surface area contributed by atoms with Gasteiger partial charge in [0.05, 0.1) is 24.2 Å². The second-order valence-electron chi connectivity index (χ2n) is 8.99. The van der Waals surface area contributed by atoms with Crippen LogP contribution >= 0.6 is 0 Å². The van der Waals surface area contributed by atoms with E-state index < -0.39 is 21.9 Å². The van der Waals surface area contributed by atoms with E-state index in [1.54, 1.807) is 30.9 Å². The molecular formula is C22H28N4O6S. The second kappa shape index (κ2) is 8.46. The van der Waals surface area contributed by atoms with Gasteiger partial charge in [0, 0.05) is 37.4 Å². The number of piperidine rings is 1. The first-order valence-electron chi connectivity index (χ1n) is 11.3. The van der Waals surface area contributed by atoms with Crippen LogP contribution in [0.15, 0.2) is 27.6 Å². The van der Waals surface area contributed by atoms with Gasteiger partial charge in [-0.25, -0.2) is 8.42 Å². The second-order valence-corrected chi connectivity index (χ2v) is 10.7. The van der Waals surface area contributed by atoms with Gasteiger partial charge in [-0.05, 0) is 38.3 Å². The van der Waals surface area contributed by atoms with Crippen LogP contribution in [-0.4, -0.2) is 67.5 Å². The van der Waals surface area contributed by atoms with E-state index >= 15 is 0 Å². The minimum atomic E-state index is -3.96. The third-order valence-electron chi connectivity index (χ3n) is 6.46. The Kier molecular flexibility index (Phi) is 5.76. The first-order chi connectivity index (χ1) is 15.8. The van der Waals surface area contributed by atoms with Crippen molar-refractivity contribution in [3.63, 3.8) is 0 Å². The van der Waals surface area contributed by atoms with E-state index in [0.717, 1.165) is 12.8 Å². The normalized spacial score (nSPS) is 21.5. The van der Waals surface area contributed by atoms with E-state index in [1.807, 2.05) is 0 Å². The Balaban J connectivity index is 1.28. The quantitative estimate of drug-likeness (QED) is 0.671. The van der Waals surface area contributed by atoms with Crippen molar-refractivity contribution in [3.05, 3.63) is 29.7 Å². The molecule has 0 bridgehead atoms. The predicted molar refractivity (Wildman–Crippen MR) is 117 cm³/mol. The molecule has 5 rings (SSSR count). The lowest BCUT2D eigenvalue weighted by Crippen LogP contribution is -2.52. The first-order valence-corrected chi connectivity index (χ1v) is 12.8. The van der Waals surface area contributed by atoms with Crippen LogP contribution in [-0.2, 0) is 24.3 Å². The third kappa shape index (κ3) is 4.54. The summed E-state index contributed by atoms with van der Waals surface area (Å²) >= 11 is 0. The van der Waals surface area contributed by atoms with Crippen molar-refractivity contribution < 1.29 is 27.2 Å². The molecule has 11 heteroatoms. The predicted octanol–water partition coefficient (Wildman–Crippen LogP) is 1.95. The van der Waals surface area contributed by atoms with E-state index in [-0.39, 0.29) is 10.8 Å². The molecule has 1 saturated carbocycles. The maximum absolute atomic E-state index is 13.2. The number of amides is 1. The van der Waals surface area contributed by atoms with Gasteiger partial charge in [0.15, 0.2) is 5.79 Å². The number of likely N-dealkylation sites (tertiary alicyclic amines) is 1. The van der Waals surface area contributed by atoms with Crippen LogP contribution in [0.5, 0.6) is 0 Å². The van der Waals surface area contributed by atoms with Gasteiger partial charge in [-0.1, -0.05) is 17.3 Å². The largest absolute Gasteiger partial charge is 0.347 e. The number of nitrogens with one attached hydrogen (secondary N) is 1. The van der Waals surface area contributed by atoms with Crippen LogP contribution in [0, 0.1) is 6.92 Å². The molecular weight excluding hydrogens is 448 g/mol. The number of rotatable bonds is 6. The van der Waals surface area contributed by atoms with Crippen molar-refractivity contribution in [2.75, 3.05) is 26.3 Å². The van der Waals surface area contributed by atoms with Crippen molar-refractivity contribution in [3.8, 4) is 11.4 Å². The molecule has 3 heterocycles. The molecule has 3 fully saturated rings. The molecule has 33 heavy (non-hydrogen) atoms. The summed E-state index contributed by atoms with van der Waals surface area (Å²) in [6, 6.07) is 4.08. The van der Waals surface area contributed by atoms with E-state index in [9.17, 15) is 13.2 Å². The number of carbonyl (C=O) groups excluding carboxylic acids is 1. The molecule has 2 aliphatic heterocycles. The van der Waals surface area contributed by atoms with E-state index in [2.05, 4.69) is 14.9 Å². The van der Waals surface area contributed by atoms with Gasteiger partial charge in [-0.2, -0.15) is 9.71 Å². The van der Waals surface area contributed by atoms with Gasteiger partial charge in [-0.3, -0.25) is 4.79 Å². The molecule has 1 N–H and O–H groups in total. The van der Waals surface area contributed by atoms with Gasteiger partial charge in [0.2, 0.25) is 27.6 Å². The summed E-state index contributed by atoms with van der Waals surface area (Å²) in [7, 11) is -3.96. The summed E-state index contributed by atoms with van der Waals surface area (Å²) in [5.41, 5.74) is 1.11. The van der Waals surface area contributed by atoms with Crippen LogP contribution in [0.2, 0.25) is 0 Å². The number of aromatic nitrogens is 2. The molecule has 1 aromatic carbocycles. The average molecular weight is 477 g/mol. The smallest absolute Gasteiger partial charge is 0.241 e. The summed E-state index contributed by atoms with van der Waals surface area (Å²) in [5, 5.41) is 4.00. The molecule has 1 aromatic heterocycles. The molecule has 178 valence electrons. The maximum atomic E-state index is 13.2. The number of hydrogen-bond acceptors (Lipinski definition) is 8. The summed E-state index contributed by atoms with van der Waals surface area (Å²) in [6.45, 7) is 5.32. The minimum absolute atomic E-state index is 0.0859. The molecule has 3 aliphatic rings. The van der Waals surface area contributed by atoms with Crippen LogP contribution < -0.4 is 4.72 Å². The lowest BCUT2D eigenvalue weighted by Gasteiger charge is -2.38. The van der Waals surface area contributed by atoms with Crippen LogP contribution in [0.1, 0.15) is 50.0 Å². The van der Waals surface area contributed by atoms with Crippen LogP contribution in [0.3, 0.4) is 0 Å². The Morgan fingerprint density at radius 1 is 1.21 bits per heavy atom. The SMILES string of the molecule is Cc1ccc(-c2noc(C3CC3)n2)cc1S(=O)(=O)N[C@@H](C)C(=O)N1CCC2(CC1)OCCO2. The number of benzene rings is 1. The van der Waals surface area contributed by atoms with E-state index in [1.165, 1.54) is 6.07 Å². The average Bonchev–Trinajstić information content (AvgIpc) is 3.35. The van der Waals surface area contributed by atoms with Crippen molar-refractivity contribution >= 4 is 15.9 Å². The standard InChI is InChI=1S/C22H28N4O6S/c1-14-3-4-17(19-23-20(32-24-19)16-5-6-16)13-18(14)33(28,29)25-15(2)21(27)26-9-7-22(8-10-26)30-11-12-31-22/h3-4,13,15-16,25H,5-12H2,1-2H3/t15-/m0/s1. The van der Waals surface area contributed by atoms with Crippen molar-refractivity contribution in [1.82, 2.24) is 19.8 Å².